The largest absolute Gasteiger partial charge is 0.426 e. The van der Waals surface area contributed by atoms with Crippen molar-refractivity contribution in [3.05, 3.63) is 0 Å². The fourth-order valence-electron chi connectivity index (χ4n) is 0.613. The van der Waals surface area contributed by atoms with Crippen LogP contribution >= 0.6 is 0 Å². The van der Waals surface area contributed by atoms with Gasteiger partial charge in [-0.05, 0) is 0 Å². The predicted octanol–water partition coefficient (Wildman–Crippen LogP) is 0.717. The number of halogens is 6. The van der Waals surface area contributed by atoms with Crippen molar-refractivity contribution in [2.24, 2.45) is 5.73 Å². The van der Waals surface area contributed by atoms with E-state index in [1.54, 1.807) is 0 Å². The van der Waals surface area contributed by atoms with E-state index in [0.717, 1.165) is 0 Å². The number of primary amides is 1. The molecule has 0 rings (SSSR count). The van der Waals surface area contributed by atoms with Crippen LogP contribution in [0.25, 0.3) is 0 Å². The molecule has 0 fully saturated rings. The molecular weight excluding hydrogens is 220 g/mol. The summed E-state index contributed by atoms with van der Waals surface area (Å²) in [6.45, 7) is 0. The summed E-state index contributed by atoms with van der Waals surface area (Å²) >= 11 is 0. The van der Waals surface area contributed by atoms with Gasteiger partial charge in [0.25, 0.3) is 5.60 Å². The summed E-state index contributed by atoms with van der Waals surface area (Å²) in [5.74, 6) is -1.90. The molecule has 0 aliphatic heterocycles. The minimum absolute atomic E-state index is 1.90. The monoisotopic (exact) mass is 225 g/mol. The maximum Gasteiger partial charge on any atom is 0.426 e. The molecular formula is C5H5F6NO2. The van der Waals surface area contributed by atoms with E-state index >= 15 is 0 Å². The molecule has 9 heteroatoms. The SMILES string of the molecule is NC(=O)CC(O)(C(F)(F)F)C(F)(F)F. The van der Waals surface area contributed by atoms with Crippen LogP contribution in [0.3, 0.4) is 0 Å². The average Bonchev–Trinajstić information content (AvgIpc) is 1.79. The zero-order valence-electron chi connectivity index (χ0n) is 6.41. The minimum atomic E-state index is -6.00. The van der Waals surface area contributed by atoms with Crippen LogP contribution in [-0.4, -0.2) is 29.0 Å². The highest BCUT2D eigenvalue weighted by molar-refractivity contribution is 5.75. The maximum absolute atomic E-state index is 11.8. The number of hydrogen-bond donors (Lipinski definition) is 2. The van der Waals surface area contributed by atoms with Crippen molar-refractivity contribution in [2.75, 3.05) is 0 Å². The summed E-state index contributed by atoms with van der Waals surface area (Å²) in [7, 11) is 0. The van der Waals surface area contributed by atoms with E-state index in [-0.39, 0.29) is 0 Å². The Bertz CT molecular complexity index is 217. The lowest BCUT2D eigenvalue weighted by atomic mass is 9.98. The van der Waals surface area contributed by atoms with Crippen LogP contribution in [-0.2, 0) is 4.79 Å². The molecule has 0 aromatic heterocycles. The molecule has 0 saturated carbocycles. The van der Waals surface area contributed by atoms with Gasteiger partial charge in [-0.15, -0.1) is 0 Å². The van der Waals surface area contributed by atoms with Gasteiger partial charge in [0.2, 0.25) is 5.91 Å². The molecule has 0 spiro atoms. The molecule has 0 aromatic rings. The second-order valence-electron chi connectivity index (χ2n) is 2.50. The topological polar surface area (TPSA) is 63.3 Å². The Hall–Kier alpha value is -0.990. The Morgan fingerprint density at radius 3 is 1.43 bits per heavy atom. The number of nitrogens with two attached hydrogens (primary N) is 1. The molecule has 0 radical (unpaired) electrons. The first kappa shape index (κ1) is 13.0. The average molecular weight is 225 g/mol. The van der Waals surface area contributed by atoms with Crippen LogP contribution in [0, 0.1) is 0 Å². The van der Waals surface area contributed by atoms with Crippen molar-refractivity contribution in [1.82, 2.24) is 0 Å². The Morgan fingerprint density at radius 1 is 1.07 bits per heavy atom. The van der Waals surface area contributed by atoms with Gasteiger partial charge in [0.1, 0.15) is 0 Å². The van der Waals surface area contributed by atoms with Crippen LogP contribution in [0.2, 0.25) is 0 Å². The van der Waals surface area contributed by atoms with E-state index in [4.69, 9.17) is 5.11 Å². The summed E-state index contributed by atoms with van der Waals surface area (Å²) in [4.78, 5) is 9.97. The third-order valence-corrected chi connectivity index (χ3v) is 1.37. The van der Waals surface area contributed by atoms with E-state index < -0.39 is 30.3 Å². The number of carbonyl (C=O) groups is 1. The highest BCUT2D eigenvalue weighted by atomic mass is 19.4. The predicted molar refractivity (Wildman–Crippen MR) is 30.9 cm³/mol. The summed E-state index contributed by atoms with van der Waals surface area (Å²) in [5, 5.41) is 8.30. The Balaban J connectivity index is 5.18. The number of aliphatic hydroxyl groups is 1. The lowest BCUT2D eigenvalue weighted by Gasteiger charge is -2.31. The lowest BCUT2D eigenvalue weighted by molar-refractivity contribution is -0.366. The third kappa shape index (κ3) is 2.28. The second kappa shape index (κ2) is 3.30. The van der Waals surface area contributed by atoms with Gasteiger partial charge in [0.15, 0.2) is 0 Å². The smallest absolute Gasteiger partial charge is 0.373 e. The quantitative estimate of drug-likeness (QED) is 0.680. The normalized spacial score (nSPS) is 14.2. The molecule has 0 unspecified atom stereocenters. The minimum Gasteiger partial charge on any atom is -0.373 e. The van der Waals surface area contributed by atoms with Crippen molar-refractivity contribution < 1.29 is 36.2 Å². The Kier molecular flexibility index (Phi) is 3.06. The fraction of sp³-hybridized carbons (Fsp3) is 0.800. The first-order chi connectivity index (χ1) is 5.92. The second-order valence-corrected chi connectivity index (χ2v) is 2.50. The molecule has 0 bridgehead atoms. The van der Waals surface area contributed by atoms with Crippen molar-refractivity contribution in [3.8, 4) is 0 Å². The van der Waals surface area contributed by atoms with Crippen LogP contribution < -0.4 is 5.73 Å². The molecule has 0 aromatic carbocycles. The maximum atomic E-state index is 11.8. The summed E-state index contributed by atoms with van der Waals surface area (Å²) in [5.41, 5.74) is -0.905. The molecule has 14 heavy (non-hydrogen) atoms. The molecule has 0 heterocycles. The highest BCUT2D eigenvalue weighted by Crippen LogP contribution is 2.44. The van der Waals surface area contributed by atoms with Gasteiger partial charge in [-0.3, -0.25) is 4.79 Å². The van der Waals surface area contributed by atoms with Gasteiger partial charge in [0.05, 0.1) is 6.42 Å². The van der Waals surface area contributed by atoms with Gasteiger partial charge in [-0.1, -0.05) is 0 Å². The summed E-state index contributed by atoms with van der Waals surface area (Å²) < 4.78 is 70.7. The summed E-state index contributed by atoms with van der Waals surface area (Å²) in [6, 6.07) is 0. The Labute approximate surface area is 73.5 Å². The first-order valence-electron chi connectivity index (χ1n) is 3.06. The molecule has 3 nitrogen and oxygen atoms in total. The fourth-order valence-corrected chi connectivity index (χ4v) is 0.613. The van der Waals surface area contributed by atoms with Gasteiger partial charge >= 0.3 is 12.4 Å². The number of alkyl halides is 6. The van der Waals surface area contributed by atoms with E-state index in [1.165, 1.54) is 0 Å². The van der Waals surface area contributed by atoms with Gasteiger partial charge in [-0.25, -0.2) is 0 Å². The molecule has 84 valence electrons. The van der Waals surface area contributed by atoms with E-state index in [0.29, 0.717) is 0 Å². The molecule has 0 aliphatic carbocycles. The standard InChI is InChI=1S/C5H5F6NO2/c6-4(7,8)3(14,1-2(12)13)5(9,10)11/h14H,1H2,(H2,12,13). The van der Waals surface area contributed by atoms with Crippen LogP contribution in [0.15, 0.2) is 0 Å². The van der Waals surface area contributed by atoms with Crippen LogP contribution in [0.1, 0.15) is 6.42 Å². The van der Waals surface area contributed by atoms with Crippen molar-refractivity contribution in [3.63, 3.8) is 0 Å². The van der Waals surface area contributed by atoms with Crippen molar-refractivity contribution >= 4 is 5.91 Å². The van der Waals surface area contributed by atoms with E-state index in [1.807, 2.05) is 0 Å². The van der Waals surface area contributed by atoms with Crippen LogP contribution in [0.4, 0.5) is 26.3 Å². The van der Waals surface area contributed by atoms with E-state index in [2.05, 4.69) is 5.73 Å². The molecule has 0 atom stereocenters. The van der Waals surface area contributed by atoms with Crippen molar-refractivity contribution in [1.29, 1.82) is 0 Å². The highest BCUT2D eigenvalue weighted by Gasteiger charge is 2.70. The summed E-state index contributed by atoms with van der Waals surface area (Å²) in [6.07, 6.45) is -14.2. The zero-order valence-corrected chi connectivity index (χ0v) is 6.41. The van der Waals surface area contributed by atoms with Gasteiger partial charge < -0.3 is 10.8 Å². The molecule has 0 aliphatic rings. The van der Waals surface area contributed by atoms with Gasteiger partial charge in [-0.2, -0.15) is 26.3 Å². The zero-order chi connectivity index (χ0) is 11.8. The Morgan fingerprint density at radius 2 is 1.36 bits per heavy atom. The number of rotatable bonds is 2. The van der Waals surface area contributed by atoms with E-state index in [9.17, 15) is 31.1 Å². The number of amides is 1. The van der Waals surface area contributed by atoms with Crippen LogP contribution in [0.5, 0.6) is 0 Å². The molecule has 0 saturated heterocycles. The number of carbonyl (C=O) groups excluding carboxylic acids is 1. The third-order valence-electron chi connectivity index (χ3n) is 1.37. The van der Waals surface area contributed by atoms with Crippen molar-refractivity contribution in [2.45, 2.75) is 24.4 Å². The molecule has 3 N–H and O–H groups in total. The number of hydrogen-bond acceptors (Lipinski definition) is 2. The first-order valence-corrected chi connectivity index (χ1v) is 3.06. The van der Waals surface area contributed by atoms with Gasteiger partial charge in [0, 0.05) is 0 Å². The molecule has 1 amide bonds. The lowest BCUT2D eigenvalue weighted by Crippen LogP contribution is -2.58.